The zero-order valence-electron chi connectivity index (χ0n) is 16.1. The third kappa shape index (κ3) is 4.27. The van der Waals surface area contributed by atoms with Crippen LogP contribution in [0, 0.1) is 0 Å². The summed E-state index contributed by atoms with van der Waals surface area (Å²) >= 11 is 13.6. The molecule has 1 aromatic heterocycles. The van der Waals surface area contributed by atoms with Gasteiger partial charge in [-0.25, -0.2) is 5.43 Å². The van der Waals surface area contributed by atoms with E-state index in [-0.39, 0.29) is 0 Å². The van der Waals surface area contributed by atoms with Crippen molar-refractivity contribution in [1.29, 1.82) is 0 Å². The number of ether oxygens (including phenoxy) is 3. The van der Waals surface area contributed by atoms with Gasteiger partial charge in [0.1, 0.15) is 4.88 Å². The Morgan fingerprint density at radius 2 is 1.69 bits per heavy atom. The van der Waals surface area contributed by atoms with Crippen molar-refractivity contribution >= 4 is 56.2 Å². The molecule has 0 saturated carbocycles. The first-order valence-electron chi connectivity index (χ1n) is 8.42. The second-order valence-electron chi connectivity index (χ2n) is 5.94. The quantitative estimate of drug-likeness (QED) is 0.402. The van der Waals surface area contributed by atoms with Gasteiger partial charge < -0.3 is 14.2 Å². The SMILES string of the molecule is COc1cc(C(C)=NNC(=O)c2sc3cc(Cl)ccc3c2Cl)cc(OC)c1OC. The van der Waals surface area contributed by atoms with Crippen LogP contribution >= 0.6 is 34.5 Å². The number of carbonyl (C=O) groups is 1. The number of nitrogens with zero attached hydrogens (tertiary/aromatic N) is 1. The van der Waals surface area contributed by atoms with Crippen LogP contribution in [0.15, 0.2) is 35.4 Å². The summed E-state index contributed by atoms with van der Waals surface area (Å²) in [6, 6.07) is 8.80. The number of halogens is 2. The van der Waals surface area contributed by atoms with Crippen LogP contribution < -0.4 is 19.6 Å². The predicted octanol–water partition coefficient (Wildman–Crippen LogP) is 5.39. The molecule has 0 aliphatic rings. The van der Waals surface area contributed by atoms with Crippen LogP contribution in [0.2, 0.25) is 10.0 Å². The van der Waals surface area contributed by atoms with Gasteiger partial charge in [-0.15, -0.1) is 11.3 Å². The highest BCUT2D eigenvalue weighted by Crippen LogP contribution is 2.39. The first kappa shape index (κ1) is 21.2. The van der Waals surface area contributed by atoms with Crippen LogP contribution in [0.25, 0.3) is 10.1 Å². The Kier molecular flexibility index (Phi) is 6.52. The maximum Gasteiger partial charge on any atom is 0.283 e. The van der Waals surface area contributed by atoms with E-state index < -0.39 is 5.91 Å². The molecular weight excluding hydrogens is 435 g/mol. The van der Waals surface area contributed by atoms with Crippen LogP contribution in [0.5, 0.6) is 17.2 Å². The molecule has 1 N–H and O–H groups in total. The summed E-state index contributed by atoms with van der Waals surface area (Å²) in [5, 5.41) is 5.92. The van der Waals surface area contributed by atoms with E-state index in [0.29, 0.717) is 43.4 Å². The molecule has 2 aromatic carbocycles. The molecule has 1 amide bonds. The molecule has 0 saturated heterocycles. The van der Waals surface area contributed by atoms with Crippen molar-refractivity contribution in [2.24, 2.45) is 5.10 Å². The largest absolute Gasteiger partial charge is 0.493 e. The second-order valence-corrected chi connectivity index (χ2v) is 7.80. The highest BCUT2D eigenvalue weighted by Gasteiger charge is 2.18. The minimum Gasteiger partial charge on any atom is -0.493 e. The molecule has 152 valence electrons. The minimum atomic E-state index is -0.404. The number of rotatable bonds is 6. The minimum absolute atomic E-state index is 0.366. The lowest BCUT2D eigenvalue weighted by molar-refractivity contribution is 0.0959. The van der Waals surface area contributed by atoms with E-state index in [4.69, 9.17) is 37.4 Å². The molecule has 0 aliphatic heterocycles. The summed E-state index contributed by atoms with van der Waals surface area (Å²) in [4.78, 5) is 13.0. The maximum absolute atomic E-state index is 12.6. The third-order valence-corrected chi connectivity index (χ3v) is 6.10. The lowest BCUT2D eigenvalue weighted by Gasteiger charge is -2.14. The fraction of sp³-hybridized carbons (Fsp3) is 0.200. The van der Waals surface area contributed by atoms with E-state index >= 15 is 0 Å². The Labute approximate surface area is 182 Å². The van der Waals surface area contributed by atoms with Crippen molar-refractivity contribution in [1.82, 2.24) is 5.43 Å². The van der Waals surface area contributed by atoms with Crippen LogP contribution in [-0.2, 0) is 0 Å². The molecule has 0 atom stereocenters. The number of benzene rings is 2. The summed E-state index contributed by atoms with van der Waals surface area (Å²) < 4.78 is 16.8. The summed E-state index contributed by atoms with van der Waals surface area (Å²) in [7, 11) is 4.60. The van der Waals surface area contributed by atoms with Gasteiger partial charge in [-0.1, -0.05) is 29.3 Å². The van der Waals surface area contributed by atoms with Crippen molar-refractivity contribution in [3.05, 3.63) is 50.8 Å². The van der Waals surface area contributed by atoms with Crippen molar-refractivity contribution in [3.63, 3.8) is 0 Å². The summed E-state index contributed by atoms with van der Waals surface area (Å²) in [6.45, 7) is 1.76. The third-order valence-electron chi connectivity index (χ3n) is 4.21. The normalized spacial score (nSPS) is 11.4. The highest BCUT2D eigenvalue weighted by molar-refractivity contribution is 7.21. The molecule has 0 unspecified atom stereocenters. The van der Waals surface area contributed by atoms with E-state index in [9.17, 15) is 4.79 Å². The second kappa shape index (κ2) is 8.90. The number of hydrogen-bond donors (Lipinski definition) is 1. The average molecular weight is 453 g/mol. The average Bonchev–Trinajstić information content (AvgIpc) is 3.06. The molecule has 0 radical (unpaired) electrons. The Hall–Kier alpha value is -2.48. The van der Waals surface area contributed by atoms with Crippen LogP contribution in [0.3, 0.4) is 0 Å². The molecule has 29 heavy (non-hydrogen) atoms. The molecule has 1 heterocycles. The highest BCUT2D eigenvalue weighted by atomic mass is 35.5. The number of methoxy groups -OCH3 is 3. The van der Waals surface area contributed by atoms with Crippen LogP contribution in [0.1, 0.15) is 22.2 Å². The van der Waals surface area contributed by atoms with Crippen LogP contribution in [-0.4, -0.2) is 32.9 Å². The van der Waals surface area contributed by atoms with Gasteiger partial charge in [0.2, 0.25) is 5.75 Å². The first-order chi connectivity index (χ1) is 13.9. The lowest BCUT2D eigenvalue weighted by atomic mass is 10.1. The van der Waals surface area contributed by atoms with Gasteiger partial charge in [-0.3, -0.25) is 4.79 Å². The van der Waals surface area contributed by atoms with E-state index in [1.807, 2.05) is 0 Å². The molecule has 3 rings (SSSR count). The van der Waals surface area contributed by atoms with Crippen molar-refractivity contribution in [2.45, 2.75) is 6.92 Å². The van der Waals surface area contributed by atoms with Gasteiger partial charge in [0.15, 0.2) is 11.5 Å². The lowest BCUT2D eigenvalue weighted by Crippen LogP contribution is -2.18. The predicted molar refractivity (Wildman–Crippen MR) is 118 cm³/mol. The maximum atomic E-state index is 12.6. The molecule has 0 aliphatic carbocycles. The summed E-state index contributed by atoms with van der Waals surface area (Å²) in [6.07, 6.45) is 0. The molecule has 0 fully saturated rings. The van der Waals surface area contributed by atoms with Gasteiger partial charge in [0.05, 0.1) is 32.1 Å². The van der Waals surface area contributed by atoms with E-state index in [2.05, 4.69) is 10.5 Å². The number of hydrazone groups is 1. The van der Waals surface area contributed by atoms with Crippen molar-refractivity contribution in [2.75, 3.05) is 21.3 Å². The molecule has 9 heteroatoms. The fourth-order valence-corrected chi connectivity index (χ4v) is 4.41. The molecule has 0 bridgehead atoms. The number of amides is 1. The zero-order chi connectivity index (χ0) is 21.1. The number of nitrogens with one attached hydrogen (secondary N) is 1. The van der Waals surface area contributed by atoms with Gasteiger partial charge in [0, 0.05) is 20.7 Å². The number of thiophene rings is 1. The fourth-order valence-electron chi connectivity index (χ4n) is 2.72. The smallest absolute Gasteiger partial charge is 0.283 e. The van der Waals surface area contributed by atoms with Gasteiger partial charge in [-0.05, 0) is 31.2 Å². The molecule has 3 aromatic rings. The standard InChI is InChI=1S/C20H18Cl2N2O4S/c1-10(11-7-14(26-2)18(28-4)15(8-11)27-3)23-24-20(25)19-17(22)13-6-5-12(21)9-16(13)29-19/h5-9H,1-4H3,(H,24,25). The molecule has 0 spiro atoms. The van der Waals surface area contributed by atoms with Gasteiger partial charge in [-0.2, -0.15) is 5.10 Å². The Morgan fingerprint density at radius 1 is 1.03 bits per heavy atom. The summed E-state index contributed by atoms with van der Waals surface area (Å²) in [5.74, 6) is 1.06. The van der Waals surface area contributed by atoms with Gasteiger partial charge >= 0.3 is 0 Å². The Balaban J connectivity index is 1.88. The van der Waals surface area contributed by atoms with Crippen molar-refractivity contribution < 1.29 is 19.0 Å². The number of fused-ring (bicyclic) bond motifs is 1. The zero-order valence-corrected chi connectivity index (χ0v) is 18.5. The van der Waals surface area contributed by atoms with Gasteiger partial charge in [0.25, 0.3) is 5.91 Å². The summed E-state index contributed by atoms with van der Waals surface area (Å²) in [5.41, 5.74) is 3.80. The van der Waals surface area contributed by atoms with E-state index in [1.165, 1.54) is 32.7 Å². The molecular formula is C20H18Cl2N2O4S. The number of hydrogen-bond acceptors (Lipinski definition) is 6. The monoisotopic (exact) mass is 452 g/mol. The van der Waals surface area contributed by atoms with E-state index in [1.54, 1.807) is 37.3 Å². The molecule has 6 nitrogen and oxygen atoms in total. The van der Waals surface area contributed by atoms with Crippen molar-refractivity contribution in [3.8, 4) is 17.2 Å². The Morgan fingerprint density at radius 3 is 2.28 bits per heavy atom. The topological polar surface area (TPSA) is 69.2 Å². The first-order valence-corrected chi connectivity index (χ1v) is 9.99. The number of carbonyl (C=O) groups excluding carboxylic acids is 1. The van der Waals surface area contributed by atoms with Crippen LogP contribution in [0.4, 0.5) is 0 Å². The Bertz CT molecular complexity index is 1090. The van der Waals surface area contributed by atoms with E-state index in [0.717, 1.165) is 10.1 Å².